The lowest BCUT2D eigenvalue weighted by atomic mass is 9.89. The van der Waals surface area contributed by atoms with Gasteiger partial charge in [-0.25, -0.2) is 8.78 Å². The molecule has 0 radical (unpaired) electrons. The van der Waals surface area contributed by atoms with Gasteiger partial charge in [0.05, 0.1) is 6.61 Å². The first-order valence-corrected chi connectivity index (χ1v) is 9.26. The normalized spacial score (nSPS) is 37.2. The minimum Gasteiger partial charge on any atom is -0.370 e. The molecule has 0 aliphatic carbocycles. The van der Waals surface area contributed by atoms with E-state index in [0.29, 0.717) is 6.61 Å². The molecule has 3 saturated heterocycles. The maximum atomic E-state index is 14.0. The third-order valence-electron chi connectivity index (χ3n) is 6.21. The number of nitrogens with zero attached hydrogens (tertiary/aromatic N) is 2. The number of hydrogen-bond acceptors (Lipinski definition) is 4. The van der Waals surface area contributed by atoms with Gasteiger partial charge in [-0.1, -0.05) is 0 Å². The molecular weight excluding hydrogens is 324 g/mol. The number of piperidine rings is 1. The third-order valence-corrected chi connectivity index (χ3v) is 6.21. The highest BCUT2D eigenvalue weighted by molar-refractivity contribution is 5.23. The quantitative estimate of drug-likeness (QED) is 0.885. The monoisotopic (exact) mass is 351 g/mol. The van der Waals surface area contributed by atoms with Crippen LogP contribution in [0.4, 0.5) is 8.78 Å². The van der Waals surface area contributed by atoms with Crippen molar-refractivity contribution in [1.82, 2.24) is 9.80 Å². The molecule has 3 aliphatic rings. The van der Waals surface area contributed by atoms with Crippen molar-refractivity contribution in [2.75, 3.05) is 39.8 Å². The third kappa shape index (κ3) is 3.45. The van der Waals surface area contributed by atoms with Gasteiger partial charge in [-0.05, 0) is 56.5 Å². The van der Waals surface area contributed by atoms with Crippen molar-refractivity contribution in [1.29, 1.82) is 0 Å². The van der Waals surface area contributed by atoms with Gasteiger partial charge in [0.1, 0.15) is 17.7 Å². The number of hydrogen-bond donors (Lipinski definition) is 1. The predicted molar refractivity (Wildman–Crippen MR) is 92.1 cm³/mol. The van der Waals surface area contributed by atoms with E-state index in [2.05, 4.69) is 16.8 Å². The van der Waals surface area contributed by atoms with Crippen LogP contribution < -0.4 is 5.73 Å². The topological polar surface area (TPSA) is 41.7 Å². The van der Waals surface area contributed by atoms with Crippen LogP contribution in [0.25, 0.3) is 0 Å². The van der Waals surface area contributed by atoms with Crippen LogP contribution in [0.1, 0.15) is 24.5 Å². The second-order valence-electron chi connectivity index (χ2n) is 8.00. The number of likely N-dealkylation sites (tertiary alicyclic amines) is 2. The molecule has 4 rings (SSSR count). The Morgan fingerprint density at radius 2 is 1.96 bits per heavy atom. The zero-order valence-corrected chi connectivity index (χ0v) is 14.7. The number of ether oxygens (including phenoxy) is 1. The average Bonchev–Trinajstić information content (AvgIpc) is 3.00. The second-order valence-corrected chi connectivity index (χ2v) is 8.00. The summed E-state index contributed by atoms with van der Waals surface area (Å²) in [4.78, 5) is 4.92. The first-order valence-electron chi connectivity index (χ1n) is 9.26. The van der Waals surface area contributed by atoms with Crippen LogP contribution in [-0.2, 0) is 4.74 Å². The van der Waals surface area contributed by atoms with Crippen molar-refractivity contribution < 1.29 is 13.5 Å². The number of halogens is 2. The summed E-state index contributed by atoms with van der Waals surface area (Å²) in [6.07, 6.45) is 1.45. The predicted octanol–water partition coefficient (Wildman–Crippen LogP) is 2.01. The van der Waals surface area contributed by atoms with E-state index >= 15 is 0 Å². The van der Waals surface area contributed by atoms with Crippen molar-refractivity contribution in [3.05, 3.63) is 35.4 Å². The van der Waals surface area contributed by atoms with Gasteiger partial charge in [0.15, 0.2) is 0 Å². The molecule has 1 aromatic carbocycles. The molecule has 0 aromatic heterocycles. The number of fused-ring (bicyclic) bond motifs is 1. The Kier molecular flexibility index (Phi) is 4.79. The fourth-order valence-corrected chi connectivity index (χ4v) is 4.84. The summed E-state index contributed by atoms with van der Waals surface area (Å²) in [7, 11) is 2.19. The summed E-state index contributed by atoms with van der Waals surface area (Å²) >= 11 is 0. The standard InChI is InChI=1S/C19H27F2N3O/c1-23-5-4-12-9-24(10-13(12)8-23)15-7-18(22)19(25-11-15)16-6-14(20)2-3-17(16)21/h2-3,6,12-13,15,18-19H,4-5,7-11,22H2,1H3/t12?,13?,15-,18+,19-/m1/s1. The second kappa shape index (κ2) is 6.91. The largest absolute Gasteiger partial charge is 0.370 e. The molecular formula is C19H27F2N3O. The fourth-order valence-electron chi connectivity index (χ4n) is 4.84. The van der Waals surface area contributed by atoms with E-state index in [4.69, 9.17) is 10.5 Å². The summed E-state index contributed by atoms with van der Waals surface area (Å²) in [6.45, 7) is 5.07. The minimum absolute atomic E-state index is 0.239. The van der Waals surface area contributed by atoms with Crippen LogP contribution >= 0.6 is 0 Å². The maximum absolute atomic E-state index is 14.0. The average molecular weight is 351 g/mol. The number of rotatable bonds is 2. The van der Waals surface area contributed by atoms with Crippen molar-refractivity contribution in [3.63, 3.8) is 0 Å². The molecule has 3 heterocycles. The summed E-state index contributed by atoms with van der Waals surface area (Å²) in [5, 5.41) is 0. The van der Waals surface area contributed by atoms with E-state index < -0.39 is 17.7 Å². The van der Waals surface area contributed by atoms with E-state index in [1.165, 1.54) is 19.0 Å². The summed E-state index contributed by atoms with van der Waals surface area (Å²) in [6, 6.07) is 3.44. The minimum atomic E-state index is -0.567. The molecule has 4 nitrogen and oxygen atoms in total. The van der Waals surface area contributed by atoms with Crippen molar-refractivity contribution in [3.8, 4) is 0 Å². The van der Waals surface area contributed by atoms with Crippen LogP contribution in [0.15, 0.2) is 18.2 Å². The lowest BCUT2D eigenvalue weighted by Crippen LogP contribution is -2.48. The molecule has 0 amide bonds. The van der Waals surface area contributed by atoms with E-state index in [0.717, 1.165) is 50.0 Å². The van der Waals surface area contributed by atoms with E-state index in [1.54, 1.807) is 0 Å². The molecule has 2 unspecified atom stereocenters. The molecule has 1 aromatic rings. The smallest absolute Gasteiger partial charge is 0.129 e. The highest BCUT2D eigenvalue weighted by Crippen LogP contribution is 2.36. The lowest BCUT2D eigenvalue weighted by molar-refractivity contribution is -0.0480. The number of benzene rings is 1. The van der Waals surface area contributed by atoms with Crippen molar-refractivity contribution in [2.45, 2.75) is 31.0 Å². The van der Waals surface area contributed by atoms with Crippen molar-refractivity contribution in [2.24, 2.45) is 17.6 Å². The van der Waals surface area contributed by atoms with Crippen LogP contribution in [0, 0.1) is 23.5 Å². The molecule has 5 atom stereocenters. The Bertz CT molecular complexity index is 629. The maximum Gasteiger partial charge on any atom is 0.129 e. The first kappa shape index (κ1) is 17.3. The number of nitrogens with two attached hydrogens (primary N) is 1. The molecule has 25 heavy (non-hydrogen) atoms. The van der Waals surface area contributed by atoms with Gasteiger partial charge < -0.3 is 15.4 Å². The molecule has 138 valence electrons. The lowest BCUT2D eigenvalue weighted by Gasteiger charge is -2.39. The Morgan fingerprint density at radius 3 is 2.76 bits per heavy atom. The molecule has 3 fully saturated rings. The van der Waals surface area contributed by atoms with Crippen LogP contribution in [-0.4, -0.2) is 61.7 Å². The van der Waals surface area contributed by atoms with E-state index in [-0.39, 0.29) is 17.6 Å². The summed E-state index contributed by atoms with van der Waals surface area (Å²) in [5.74, 6) is 0.594. The molecule has 0 saturated carbocycles. The Hall–Kier alpha value is -1.08. The Labute approximate surface area is 147 Å². The zero-order valence-electron chi connectivity index (χ0n) is 14.7. The summed E-state index contributed by atoms with van der Waals surface area (Å²) < 4.78 is 33.5. The molecule has 6 heteroatoms. The van der Waals surface area contributed by atoms with Crippen molar-refractivity contribution >= 4 is 0 Å². The van der Waals surface area contributed by atoms with E-state index in [9.17, 15) is 8.78 Å². The van der Waals surface area contributed by atoms with Gasteiger partial charge in [0, 0.05) is 37.3 Å². The van der Waals surface area contributed by atoms with Crippen LogP contribution in [0.3, 0.4) is 0 Å². The van der Waals surface area contributed by atoms with Gasteiger partial charge >= 0.3 is 0 Å². The van der Waals surface area contributed by atoms with E-state index in [1.807, 2.05) is 0 Å². The van der Waals surface area contributed by atoms with Gasteiger partial charge in [0.25, 0.3) is 0 Å². The highest BCUT2D eigenvalue weighted by Gasteiger charge is 2.41. The van der Waals surface area contributed by atoms with Gasteiger partial charge in [0.2, 0.25) is 0 Å². The first-order chi connectivity index (χ1) is 12.0. The fraction of sp³-hybridized carbons (Fsp3) is 0.684. The van der Waals surface area contributed by atoms with Gasteiger partial charge in [-0.2, -0.15) is 0 Å². The SMILES string of the molecule is CN1CCC2CN([C@H]3CO[C@H](c4cc(F)ccc4F)[C@@H](N)C3)CC2C1. The molecule has 0 spiro atoms. The summed E-state index contributed by atoms with van der Waals surface area (Å²) in [5.41, 5.74) is 6.55. The molecule has 3 aliphatic heterocycles. The van der Waals surface area contributed by atoms with Gasteiger partial charge in [-0.3, -0.25) is 4.90 Å². The van der Waals surface area contributed by atoms with Gasteiger partial charge in [-0.15, -0.1) is 0 Å². The molecule has 2 N–H and O–H groups in total. The Balaban J connectivity index is 1.41. The molecule has 0 bridgehead atoms. The van der Waals surface area contributed by atoms with Crippen LogP contribution in [0.2, 0.25) is 0 Å². The van der Waals surface area contributed by atoms with Crippen LogP contribution in [0.5, 0.6) is 0 Å². The Morgan fingerprint density at radius 1 is 1.16 bits per heavy atom. The highest BCUT2D eigenvalue weighted by atomic mass is 19.1. The zero-order chi connectivity index (χ0) is 17.6.